The Morgan fingerprint density at radius 2 is 2.43 bits per heavy atom. The lowest BCUT2D eigenvalue weighted by atomic mass is 10.2. The van der Waals surface area contributed by atoms with Gasteiger partial charge < -0.3 is 14.3 Å². The second-order valence-corrected chi connectivity index (χ2v) is 6.28. The molecule has 6 heteroatoms. The lowest BCUT2D eigenvalue weighted by molar-refractivity contribution is 0.00213. The summed E-state index contributed by atoms with van der Waals surface area (Å²) in [5.74, 6) is 0.783. The minimum Gasteiger partial charge on any atom is -0.467 e. The van der Waals surface area contributed by atoms with Crippen LogP contribution in [0.2, 0.25) is 0 Å². The molecule has 1 saturated heterocycles. The molecule has 0 aromatic carbocycles. The number of aromatic nitrogens is 2. The molecule has 1 fully saturated rings. The van der Waals surface area contributed by atoms with Crippen LogP contribution in [0.1, 0.15) is 24.2 Å². The van der Waals surface area contributed by atoms with Gasteiger partial charge in [0.25, 0.3) is 0 Å². The van der Waals surface area contributed by atoms with Gasteiger partial charge in [-0.2, -0.15) is 5.10 Å². The number of hydrogen-bond donors (Lipinski definition) is 1. The fraction of sp³-hybridized carbons (Fsp3) is 0.588. The van der Waals surface area contributed by atoms with E-state index < -0.39 is 6.10 Å². The zero-order chi connectivity index (χ0) is 16.1. The first-order valence-electron chi connectivity index (χ1n) is 8.22. The van der Waals surface area contributed by atoms with Crippen molar-refractivity contribution in [3.63, 3.8) is 0 Å². The van der Waals surface area contributed by atoms with Crippen molar-refractivity contribution < 1.29 is 14.3 Å². The van der Waals surface area contributed by atoms with E-state index in [-0.39, 0.29) is 0 Å². The Labute approximate surface area is 136 Å². The molecule has 1 aliphatic rings. The number of nitrogens with zero attached hydrogens (tertiary/aromatic N) is 3. The Hall–Kier alpha value is -1.63. The third kappa shape index (κ3) is 4.67. The van der Waals surface area contributed by atoms with Crippen molar-refractivity contribution in [2.45, 2.75) is 45.1 Å². The maximum Gasteiger partial charge on any atom is 0.129 e. The molecule has 1 N–H and O–H groups in total. The van der Waals surface area contributed by atoms with E-state index in [4.69, 9.17) is 9.15 Å². The zero-order valence-electron chi connectivity index (χ0n) is 13.6. The number of hydrogen-bond acceptors (Lipinski definition) is 5. The van der Waals surface area contributed by atoms with E-state index in [2.05, 4.69) is 23.1 Å². The van der Waals surface area contributed by atoms with Crippen molar-refractivity contribution in [3.05, 3.63) is 42.1 Å². The SMILES string of the molecule is Cc1cnn(C[C@@H]2CCCN2C[C@@H](O)COCc2ccco2)c1. The van der Waals surface area contributed by atoms with Crippen molar-refractivity contribution in [3.8, 4) is 0 Å². The highest BCUT2D eigenvalue weighted by atomic mass is 16.5. The maximum atomic E-state index is 10.2. The number of furan rings is 1. The van der Waals surface area contributed by atoms with Crippen molar-refractivity contribution in [1.82, 2.24) is 14.7 Å². The van der Waals surface area contributed by atoms with Gasteiger partial charge in [0, 0.05) is 18.8 Å². The minimum atomic E-state index is -0.482. The lowest BCUT2D eigenvalue weighted by Crippen LogP contribution is -2.40. The number of aliphatic hydroxyl groups excluding tert-OH is 1. The highest BCUT2D eigenvalue weighted by molar-refractivity contribution is 5.00. The number of aliphatic hydroxyl groups is 1. The van der Waals surface area contributed by atoms with Gasteiger partial charge in [0.2, 0.25) is 0 Å². The molecular weight excluding hydrogens is 294 g/mol. The summed E-state index contributed by atoms with van der Waals surface area (Å²) in [5.41, 5.74) is 1.18. The van der Waals surface area contributed by atoms with Crippen LogP contribution in [0.3, 0.4) is 0 Å². The van der Waals surface area contributed by atoms with Crippen LogP contribution >= 0.6 is 0 Å². The van der Waals surface area contributed by atoms with Crippen LogP contribution in [0.15, 0.2) is 35.2 Å². The molecule has 1 aliphatic heterocycles. The lowest BCUT2D eigenvalue weighted by Gasteiger charge is -2.26. The van der Waals surface area contributed by atoms with Gasteiger partial charge in [-0.3, -0.25) is 9.58 Å². The fourth-order valence-electron chi connectivity index (χ4n) is 3.14. The zero-order valence-corrected chi connectivity index (χ0v) is 13.6. The molecule has 3 heterocycles. The summed E-state index contributed by atoms with van der Waals surface area (Å²) >= 11 is 0. The molecule has 2 aromatic rings. The van der Waals surface area contributed by atoms with Crippen molar-refractivity contribution >= 4 is 0 Å². The van der Waals surface area contributed by atoms with Crippen molar-refractivity contribution in [2.75, 3.05) is 19.7 Å². The Morgan fingerprint density at radius 3 is 3.17 bits per heavy atom. The second-order valence-electron chi connectivity index (χ2n) is 6.28. The number of ether oxygens (including phenoxy) is 1. The van der Waals surface area contributed by atoms with Gasteiger partial charge in [0.05, 0.1) is 31.7 Å². The molecule has 23 heavy (non-hydrogen) atoms. The summed E-state index contributed by atoms with van der Waals surface area (Å²) in [6.45, 7) is 5.33. The summed E-state index contributed by atoms with van der Waals surface area (Å²) < 4.78 is 12.7. The summed E-state index contributed by atoms with van der Waals surface area (Å²) in [5, 5.41) is 14.6. The van der Waals surface area contributed by atoms with Crippen LogP contribution in [-0.4, -0.2) is 51.6 Å². The van der Waals surface area contributed by atoms with Gasteiger partial charge in [0.15, 0.2) is 0 Å². The molecule has 0 spiro atoms. The van der Waals surface area contributed by atoms with E-state index in [0.717, 1.165) is 25.3 Å². The smallest absolute Gasteiger partial charge is 0.129 e. The monoisotopic (exact) mass is 319 g/mol. The molecule has 0 radical (unpaired) electrons. The first kappa shape index (κ1) is 16.2. The van der Waals surface area contributed by atoms with Gasteiger partial charge in [-0.1, -0.05) is 0 Å². The second kappa shape index (κ2) is 7.77. The summed E-state index contributed by atoms with van der Waals surface area (Å²) in [7, 11) is 0. The molecule has 0 unspecified atom stereocenters. The van der Waals surface area contributed by atoms with E-state index in [1.165, 1.54) is 12.0 Å². The topological polar surface area (TPSA) is 63.7 Å². The molecule has 3 rings (SSSR count). The third-order valence-corrected chi connectivity index (χ3v) is 4.24. The first-order chi connectivity index (χ1) is 11.2. The molecule has 126 valence electrons. The normalized spacial score (nSPS) is 20.2. The van der Waals surface area contributed by atoms with Gasteiger partial charge in [-0.25, -0.2) is 0 Å². The Morgan fingerprint density at radius 1 is 1.52 bits per heavy atom. The largest absolute Gasteiger partial charge is 0.467 e. The van der Waals surface area contributed by atoms with E-state index in [1.807, 2.05) is 23.0 Å². The van der Waals surface area contributed by atoms with E-state index >= 15 is 0 Å². The van der Waals surface area contributed by atoms with Crippen LogP contribution in [-0.2, 0) is 17.9 Å². The molecular formula is C17H25N3O3. The predicted octanol–water partition coefficient (Wildman–Crippen LogP) is 1.83. The van der Waals surface area contributed by atoms with E-state index in [1.54, 1.807) is 6.26 Å². The summed E-state index contributed by atoms with van der Waals surface area (Å²) in [6, 6.07) is 4.14. The average molecular weight is 319 g/mol. The molecule has 2 atom stereocenters. The van der Waals surface area contributed by atoms with Gasteiger partial charge >= 0.3 is 0 Å². The van der Waals surface area contributed by atoms with Crippen LogP contribution in [0.25, 0.3) is 0 Å². The maximum absolute atomic E-state index is 10.2. The predicted molar refractivity (Wildman–Crippen MR) is 85.9 cm³/mol. The number of likely N-dealkylation sites (tertiary alicyclic amines) is 1. The number of β-amino-alcohol motifs (C(OH)–C–C–N with tert-alkyl or cyclic N) is 1. The highest BCUT2D eigenvalue weighted by Gasteiger charge is 2.26. The number of rotatable bonds is 8. The fourth-order valence-corrected chi connectivity index (χ4v) is 3.14. The van der Waals surface area contributed by atoms with Crippen molar-refractivity contribution in [1.29, 1.82) is 0 Å². The van der Waals surface area contributed by atoms with E-state index in [0.29, 0.717) is 25.8 Å². The first-order valence-corrected chi connectivity index (χ1v) is 8.22. The van der Waals surface area contributed by atoms with E-state index in [9.17, 15) is 5.11 Å². The van der Waals surface area contributed by atoms with Gasteiger partial charge in [-0.05, 0) is 44.0 Å². The average Bonchev–Trinajstić information content (AvgIpc) is 3.24. The van der Waals surface area contributed by atoms with Gasteiger partial charge in [0.1, 0.15) is 12.4 Å². The third-order valence-electron chi connectivity index (χ3n) is 4.24. The molecule has 6 nitrogen and oxygen atoms in total. The van der Waals surface area contributed by atoms with Gasteiger partial charge in [-0.15, -0.1) is 0 Å². The Balaban J connectivity index is 1.42. The highest BCUT2D eigenvalue weighted by Crippen LogP contribution is 2.19. The Kier molecular flexibility index (Phi) is 5.48. The summed E-state index contributed by atoms with van der Waals surface area (Å²) in [4.78, 5) is 2.35. The van der Waals surface area contributed by atoms with Crippen LogP contribution < -0.4 is 0 Å². The minimum absolute atomic E-state index is 0.324. The molecule has 0 bridgehead atoms. The van der Waals surface area contributed by atoms with Crippen LogP contribution in [0.4, 0.5) is 0 Å². The van der Waals surface area contributed by atoms with Crippen molar-refractivity contribution in [2.24, 2.45) is 0 Å². The van der Waals surface area contributed by atoms with Crippen LogP contribution in [0.5, 0.6) is 0 Å². The Bertz CT molecular complexity index is 582. The quantitative estimate of drug-likeness (QED) is 0.804. The standard InChI is InChI=1S/C17H25N3O3/c1-14-8-18-20(9-14)10-15-4-2-6-19(15)11-16(21)12-22-13-17-5-3-7-23-17/h3,5,7-9,15-16,21H,2,4,6,10-13H2,1H3/t15-,16+/m0/s1. The molecule has 0 saturated carbocycles. The molecule has 0 amide bonds. The molecule has 2 aromatic heterocycles. The summed E-state index contributed by atoms with van der Waals surface area (Å²) in [6.07, 6.45) is 7.42. The molecule has 0 aliphatic carbocycles. The number of aryl methyl sites for hydroxylation is 1. The van der Waals surface area contributed by atoms with Crippen LogP contribution in [0, 0.1) is 6.92 Å².